The van der Waals surface area contributed by atoms with Gasteiger partial charge in [0.2, 0.25) is 0 Å². The summed E-state index contributed by atoms with van der Waals surface area (Å²) in [4.78, 5) is 2.56. The molecule has 0 bridgehead atoms. The van der Waals surface area contributed by atoms with E-state index in [2.05, 4.69) is 30.5 Å². The monoisotopic (exact) mass is 217 g/mol. The van der Waals surface area contributed by atoms with Gasteiger partial charge in [-0.05, 0) is 39.7 Å². The molecule has 0 aliphatic carbocycles. The predicted octanol–water partition coefficient (Wildman–Crippen LogP) is 1.98. The van der Waals surface area contributed by atoms with E-state index in [0.29, 0.717) is 11.4 Å². The highest BCUT2D eigenvalue weighted by atomic mass is 32.2. The fraction of sp³-hybridized carbons (Fsp3) is 1.00. The molecule has 0 unspecified atom stereocenters. The van der Waals surface area contributed by atoms with Gasteiger partial charge in [-0.15, -0.1) is 0 Å². The van der Waals surface area contributed by atoms with Crippen molar-refractivity contribution in [1.82, 2.24) is 4.90 Å². The van der Waals surface area contributed by atoms with E-state index in [1.165, 1.54) is 38.2 Å². The Hall–Kier alpha value is 0.270. The molecule has 0 aromatic rings. The number of hydrogen-bond donors (Lipinski definition) is 1. The standard InChI is InChI=1S/C11H23NOS/c1-11(2)10-12(7-9-14-11)6-4-3-5-8-13/h13H,3-10H2,1-2H3. The van der Waals surface area contributed by atoms with Crippen LogP contribution in [0.5, 0.6) is 0 Å². The largest absolute Gasteiger partial charge is 0.396 e. The average molecular weight is 217 g/mol. The van der Waals surface area contributed by atoms with E-state index in [-0.39, 0.29) is 0 Å². The molecule has 1 N–H and O–H groups in total. The summed E-state index contributed by atoms with van der Waals surface area (Å²) in [7, 11) is 0. The molecule has 1 fully saturated rings. The highest BCUT2D eigenvalue weighted by molar-refractivity contribution is 8.00. The van der Waals surface area contributed by atoms with Crippen molar-refractivity contribution in [2.45, 2.75) is 37.9 Å². The zero-order valence-electron chi connectivity index (χ0n) is 9.46. The molecule has 0 radical (unpaired) electrons. The van der Waals surface area contributed by atoms with Crippen LogP contribution in [0.1, 0.15) is 33.1 Å². The number of unbranched alkanes of at least 4 members (excludes halogenated alkanes) is 2. The van der Waals surface area contributed by atoms with Crippen LogP contribution in [0.3, 0.4) is 0 Å². The minimum Gasteiger partial charge on any atom is -0.396 e. The van der Waals surface area contributed by atoms with Crippen molar-refractivity contribution in [2.75, 3.05) is 32.0 Å². The molecule has 1 aliphatic heterocycles. The molecular weight excluding hydrogens is 194 g/mol. The van der Waals surface area contributed by atoms with E-state index < -0.39 is 0 Å². The third-order valence-electron chi connectivity index (χ3n) is 2.64. The van der Waals surface area contributed by atoms with Crippen molar-refractivity contribution in [1.29, 1.82) is 0 Å². The van der Waals surface area contributed by atoms with Gasteiger partial charge in [0.15, 0.2) is 0 Å². The highest BCUT2D eigenvalue weighted by Crippen LogP contribution is 2.29. The first-order valence-corrected chi connectivity index (χ1v) is 6.60. The summed E-state index contributed by atoms with van der Waals surface area (Å²) in [5.41, 5.74) is 0. The van der Waals surface area contributed by atoms with Gasteiger partial charge < -0.3 is 10.0 Å². The molecule has 1 aliphatic rings. The second-order valence-electron chi connectivity index (χ2n) is 4.67. The minimum absolute atomic E-state index is 0.349. The van der Waals surface area contributed by atoms with Crippen LogP contribution in [0.25, 0.3) is 0 Å². The molecule has 2 nitrogen and oxygen atoms in total. The predicted molar refractivity (Wildman–Crippen MR) is 63.9 cm³/mol. The van der Waals surface area contributed by atoms with Gasteiger partial charge in [0, 0.05) is 30.2 Å². The van der Waals surface area contributed by atoms with E-state index in [1.54, 1.807) is 0 Å². The smallest absolute Gasteiger partial charge is 0.0431 e. The number of aliphatic hydroxyl groups excluding tert-OH is 1. The van der Waals surface area contributed by atoms with Crippen LogP contribution in [-0.2, 0) is 0 Å². The van der Waals surface area contributed by atoms with E-state index in [0.717, 1.165) is 6.42 Å². The lowest BCUT2D eigenvalue weighted by Gasteiger charge is -2.37. The third-order valence-corrected chi connectivity index (χ3v) is 3.93. The van der Waals surface area contributed by atoms with Crippen LogP contribution in [-0.4, -0.2) is 46.7 Å². The molecule has 0 spiro atoms. The number of thioether (sulfide) groups is 1. The van der Waals surface area contributed by atoms with Gasteiger partial charge in [-0.2, -0.15) is 11.8 Å². The molecule has 0 aromatic heterocycles. The zero-order chi connectivity index (χ0) is 10.4. The normalized spacial score (nSPS) is 22.5. The van der Waals surface area contributed by atoms with Crippen LogP contribution in [0.2, 0.25) is 0 Å². The van der Waals surface area contributed by atoms with E-state index in [9.17, 15) is 0 Å². The lowest BCUT2D eigenvalue weighted by Crippen LogP contribution is -2.43. The summed E-state index contributed by atoms with van der Waals surface area (Å²) in [6.07, 6.45) is 3.37. The molecule has 1 saturated heterocycles. The Balaban J connectivity index is 2.12. The van der Waals surface area contributed by atoms with Gasteiger partial charge >= 0.3 is 0 Å². The van der Waals surface area contributed by atoms with Gasteiger partial charge in [-0.3, -0.25) is 0 Å². The number of rotatable bonds is 5. The van der Waals surface area contributed by atoms with E-state index in [4.69, 9.17) is 5.11 Å². The van der Waals surface area contributed by atoms with Gasteiger partial charge in [0.1, 0.15) is 0 Å². The van der Waals surface area contributed by atoms with E-state index in [1.807, 2.05) is 0 Å². The third kappa shape index (κ3) is 4.67. The number of hydrogen-bond acceptors (Lipinski definition) is 3. The van der Waals surface area contributed by atoms with Crippen molar-refractivity contribution in [3.63, 3.8) is 0 Å². The summed E-state index contributed by atoms with van der Waals surface area (Å²) in [6, 6.07) is 0. The maximum absolute atomic E-state index is 8.67. The lowest BCUT2D eigenvalue weighted by molar-refractivity contribution is 0.244. The SMILES string of the molecule is CC1(C)CN(CCCCCO)CCS1. The Morgan fingerprint density at radius 2 is 2.07 bits per heavy atom. The molecule has 3 heteroatoms. The van der Waals surface area contributed by atoms with Crippen LogP contribution < -0.4 is 0 Å². The Labute approximate surface area is 92.1 Å². The van der Waals surface area contributed by atoms with Crippen molar-refractivity contribution in [2.24, 2.45) is 0 Å². The Morgan fingerprint density at radius 1 is 1.29 bits per heavy atom. The van der Waals surface area contributed by atoms with Crippen molar-refractivity contribution < 1.29 is 5.11 Å². The summed E-state index contributed by atoms with van der Waals surface area (Å²) < 4.78 is 0.440. The maximum atomic E-state index is 8.67. The van der Waals surface area contributed by atoms with Crippen molar-refractivity contribution >= 4 is 11.8 Å². The van der Waals surface area contributed by atoms with Crippen LogP contribution in [0, 0.1) is 0 Å². The van der Waals surface area contributed by atoms with E-state index >= 15 is 0 Å². The first-order valence-electron chi connectivity index (χ1n) is 5.61. The second-order valence-corrected chi connectivity index (χ2v) is 6.47. The highest BCUT2D eigenvalue weighted by Gasteiger charge is 2.26. The van der Waals surface area contributed by atoms with Crippen molar-refractivity contribution in [3.05, 3.63) is 0 Å². The summed E-state index contributed by atoms with van der Waals surface area (Å²) >= 11 is 2.09. The molecule has 0 atom stereocenters. The molecule has 0 aromatic carbocycles. The van der Waals surface area contributed by atoms with Crippen LogP contribution in [0.4, 0.5) is 0 Å². The lowest BCUT2D eigenvalue weighted by atomic mass is 10.1. The fourth-order valence-corrected chi connectivity index (χ4v) is 3.11. The number of aliphatic hydroxyl groups is 1. The zero-order valence-corrected chi connectivity index (χ0v) is 10.3. The first-order chi connectivity index (χ1) is 6.64. The summed E-state index contributed by atoms with van der Waals surface area (Å²) in [5, 5.41) is 8.67. The summed E-state index contributed by atoms with van der Waals surface area (Å²) in [5.74, 6) is 1.27. The first kappa shape index (κ1) is 12.3. The average Bonchev–Trinajstić information content (AvgIpc) is 2.11. The van der Waals surface area contributed by atoms with Gasteiger partial charge in [-0.1, -0.05) is 0 Å². The minimum atomic E-state index is 0.349. The molecule has 1 heterocycles. The molecule has 0 saturated carbocycles. The van der Waals surface area contributed by atoms with Crippen LogP contribution in [0.15, 0.2) is 0 Å². The molecule has 0 amide bonds. The molecule has 1 rings (SSSR count). The molecular formula is C11H23NOS. The maximum Gasteiger partial charge on any atom is 0.0431 e. The Bertz CT molecular complexity index is 161. The van der Waals surface area contributed by atoms with Gasteiger partial charge in [-0.25, -0.2) is 0 Å². The van der Waals surface area contributed by atoms with Gasteiger partial charge in [0.05, 0.1) is 0 Å². The fourth-order valence-electron chi connectivity index (χ4n) is 1.93. The second kappa shape index (κ2) is 5.99. The summed E-state index contributed by atoms with van der Waals surface area (Å²) in [6.45, 7) is 8.68. The molecule has 14 heavy (non-hydrogen) atoms. The quantitative estimate of drug-likeness (QED) is 0.712. The molecule has 84 valence electrons. The number of nitrogens with zero attached hydrogens (tertiary/aromatic N) is 1. The van der Waals surface area contributed by atoms with Gasteiger partial charge in [0.25, 0.3) is 0 Å². The Kier molecular flexibility index (Phi) is 5.28. The van der Waals surface area contributed by atoms with Crippen molar-refractivity contribution in [3.8, 4) is 0 Å². The Morgan fingerprint density at radius 3 is 2.71 bits per heavy atom. The van der Waals surface area contributed by atoms with Crippen LogP contribution >= 0.6 is 11.8 Å². The topological polar surface area (TPSA) is 23.5 Å².